The van der Waals surface area contributed by atoms with E-state index in [4.69, 9.17) is 15.6 Å². The molecule has 134 valence electrons. The summed E-state index contributed by atoms with van der Waals surface area (Å²) in [5.74, 6) is 1.22. The first kappa shape index (κ1) is 20.0. The number of anilines is 2. The second-order valence-corrected chi connectivity index (χ2v) is 5.39. The van der Waals surface area contributed by atoms with Gasteiger partial charge in [-0.1, -0.05) is 6.92 Å². The molecule has 0 aliphatic rings. The maximum atomic E-state index is 9.11. The number of aliphatic hydroxyl groups is 1. The summed E-state index contributed by atoms with van der Waals surface area (Å²) in [5.41, 5.74) is 7.55. The molecule has 0 aliphatic carbocycles. The van der Waals surface area contributed by atoms with Crippen LogP contribution in [0.2, 0.25) is 0 Å². The number of nitrogens with zero attached hydrogens (tertiary/aromatic N) is 4. The Morgan fingerprint density at radius 2 is 2.21 bits per heavy atom. The Bertz CT molecular complexity index is 629. The predicted octanol–water partition coefficient (Wildman–Crippen LogP) is 1.37. The highest BCUT2D eigenvalue weighted by Gasteiger charge is 2.13. The highest BCUT2D eigenvalue weighted by atomic mass is 32.1. The molecule has 0 aliphatic heterocycles. The Balaban J connectivity index is 0.00000288. The average molecular weight is 354 g/mol. The van der Waals surface area contributed by atoms with E-state index in [1.54, 1.807) is 10.9 Å². The van der Waals surface area contributed by atoms with Crippen LogP contribution in [0, 0.1) is 6.92 Å². The van der Waals surface area contributed by atoms with Crippen LogP contribution >= 0.6 is 13.5 Å². The van der Waals surface area contributed by atoms with Gasteiger partial charge in [0.25, 0.3) is 0 Å². The van der Waals surface area contributed by atoms with E-state index in [0.717, 1.165) is 17.8 Å². The third-order valence-corrected chi connectivity index (χ3v) is 3.62. The third-order valence-electron chi connectivity index (χ3n) is 3.62. The fourth-order valence-corrected chi connectivity index (χ4v) is 2.18. The largest absolute Gasteiger partial charge is 0.482 e. The molecule has 1 atom stereocenters. The SMILES string of the molecule is CC[C@@H](CCO)Nc1nc(N)ncc1OCc1cc(C)n(C)n1.S. The number of nitrogens with one attached hydrogen (secondary N) is 1. The van der Waals surface area contributed by atoms with Gasteiger partial charge in [-0.05, 0) is 25.8 Å². The highest BCUT2D eigenvalue weighted by Crippen LogP contribution is 2.24. The lowest BCUT2D eigenvalue weighted by Gasteiger charge is -2.18. The molecule has 2 rings (SSSR count). The van der Waals surface area contributed by atoms with E-state index < -0.39 is 0 Å². The molecule has 0 bridgehead atoms. The van der Waals surface area contributed by atoms with Crippen molar-refractivity contribution in [2.75, 3.05) is 17.7 Å². The topological polar surface area (TPSA) is 111 Å². The summed E-state index contributed by atoms with van der Waals surface area (Å²) >= 11 is 0. The molecule has 2 aromatic heterocycles. The van der Waals surface area contributed by atoms with Gasteiger partial charge in [0, 0.05) is 25.4 Å². The first-order valence-electron chi connectivity index (χ1n) is 7.65. The summed E-state index contributed by atoms with van der Waals surface area (Å²) < 4.78 is 7.59. The van der Waals surface area contributed by atoms with Crippen LogP contribution < -0.4 is 15.8 Å². The Kier molecular flexibility index (Phi) is 7.80. The van der Waals surface area contributed by atoms with E-state index in [0.29, 0.717) is 24.6 Å². The second kappa shape index (κ2) is 9.33. The van der Waals surface area contributed by atoms with Gasteiger partial charge in [0.05, 0.1) is 6.20 Å². The summed E-state index contributed by atoms with van der Waals surface area (Å²) in [5, 5.41) is 16.7. The van der Waals surface area contributed by atoms with Gasteiger partial charge in [-0.25, -0.2) is 4.98 Å². The van der Waals surface area contributed by atoms with Gasteiger partial charge in [0.2, 0.25) is 5.95 Å². The smallest absolute Gasteiger partial charge is 0.222 e. The molecular weight excluding hydrogens is 328 g/mol. The minimum absolute atomic E-state index is 0. The molecule has 0 aromatic carbocycles. The van der Waals surface area contributed by atoms with Crippen molar-refractivity contribution in [2.24, 2.45) is 7.05 Å². The van der Waals surface area contributed by atoms with E-state index in [-0.39, 0.29) is 32.1 Å². The number of aryl methyl sites for hydroxylation is 2. The summed E-state index contributed by atoms with van der Waals surface area (Å²) in [6.07, 6.45) is 3.02. The first-order chi connectivity index (χ1) is 11.0. The van der Waals surface area contributed by atoms with Crippen LogP contribution in [0.15, 0.2) is 12.3 Å². The molecule has 8 nitrogen and oxygen atoms in total. The second-order valence-electron chi connectivity index (χ2n) is 5.39. The molecule has 0 unspecified atom stereocenters. The average Bonchev–Trinajstić information content (AvgIpc) is 2.84. The van der Waals surface area contributed by atoms with Crippen molar-refractivity contribution in [1.82, 2.24) is 19.7 Å². The lowest BCUT2D eigenvalue weighted by Crippen LogP contribution is -2.21. The van der Waals surface area contributed by atoms with Crippen molar-refractivity contribution in [2.45, 2.75) is 39.3 Å². The summed E-state index contributed by atoms with van der Waals surface area (Å²) in [6, 6.07) is 2.06. The molecule has 0 spiro atoms. The zero-order valence-corrected chi connectivity index (χ0v) is 15.3. The zero-order valence-electron chi connectivity index (χ0n) is 14.3. The predicted molar refractivity (Wildman–Crippen MR) is 98.5 cm³/mol. The lowest BCUT2D eigenvalue weighted by atomic mass is 10.1. The van der Waals surface area contributed by atoms with Crippen LogP contribution in [0.5, 0.6) is 5.75 Å². The van der Waals surface area contributed by atoms with Gasteiger partial charge >= 0.3 is 0 Å². The quantitative estimate of drug-likeness (QED) is 0.656. The molecule has 9 heteroatoms. The molecule has 0 radical (unpaired) electrons. The molecule has 4 N–H and O–H groups in total. The van der Waals surface area contributed by atoms with Crippen LogP contribution in [-0.4, -0.2) is 37.5 Å². The monoisotopic (exact) mass is 354 g/mol. The number of nitrogens with two attached hydrogens (primary N) is 1. The van der Waals surface area contributed by atoms with E-state index in [1.807, 2.05) is 27.0 Å². The zero-order chi connectivity index (χ0) is 16.8. The minimum Gasteiger partial charge on any atom is -0.482 e. The number of nitrogen functional groups attached to an aromatic ring is 1. The molecule has 0 saturated heterocycles. The van der Waals surface area contributed by atoms with E-state index >= 15 is 0 Å². The van der Waals surface area contributed by atoms with Gasteiger partial charge in [-0.3, -0.25) is 4.68 Å². The fourth-order valence-electron chi connectivity index (χ4n) is 2.18. The standard InChI is InChI=1S/C15H24N6O2.H2S/c1-4-11(5-6-22)18-14-13(8-17-15(16)19-14)23-9-12-7-10(2)21(3)20-12;/h7-8,11,22H,4-6,9H2,1-3H3,(H3,16,17,18,19);1H2/t11-;/m0./s1. The van der Waals surface area contributed by atoms with Gasteiger partial charge in [-0.2, -0.15) is 23.6 Å². The number of aromatic nitrogens is 4. The maximum absolute atomic E-state index is 9.11. The van der Waals surface area contributed by atoms with Crippen LogP contribution in [0.4, 0.5) is 11.8 Å². The summed E-state index contributed by atoms with van der Waals surface area (Å²) in [6.45, 7) is 4.45. The van der Waals surface area contributed by atoms with Gasteiger partial charge in [0.1, 0.15) is 12.3 Å². The number of rotatable bonds is 8. The Labute approximate surface area is 148 Å². The molecular formula is C15H26N6O2S. The van der Waals surface area contributed by atoms with Crippen molar-refractivity contribution in [3.8, 4) is 5.75 Å². The molecule has 0 amide bonds. The van der Waals surface area contributed by atoms with Crippen molar-refractivity contribution < 1.29 is 9.84 Å². The normalized spacial score (nSPS) is 11.7. The fraction of sp³-hybridized carbons (Fsp3) is 0.533. The van der Waals surface area contributed by atoms with E-state index in [1.165, 1.54) is 0 Å². The van der Waals surface area contributed by atoms with Crippen LogP contribution in [-0.2, 0) is 13.7 Å². The Morgan fingerprint density at radius 1 is 1.46 bits per heavy atom. The van der Waals surface area contributed by atoms with E-state index in [9.17, 15) is 0 Å². The molecule has 2 heterocycles. The van der Waals surface area contributed by atoms with Crippen LogP contribution in [0.1, 0.15) is 31.2 Å². The van der Waals surface area contributed by atoms with Gasteiger partial charge in [-0.15, -0.1) is 0 Å². The number of hydrogen-bond acceptors (Lipinski definition) is 7. The molecule has 2 aromatic rings. The Morgan fingerprint density at radius 3 is 2.79 bits per heavy atom. The summed E-state index contributed by atoms with van der Waals surface area (Å²) in [4.78, 5) is 8.18. The van der Waals surface area contributed by atoms with Gasteiger partial charge in [0.15, 0.2) is 11.6 Å². The lowest BCUT2D eigenvalue weighted by molar-refractivity contribution is 0.277. The highest BCUT2D eigenvalue weighted by molar-refractivity contribution is 7.59. The third kappa shape index (κ3) is 5.27. The number of ether oxygens (including phenoxy) is 1. The first-order valence-corrected chi connectivity index (χ1v) is 7.65. The van der Waals surface area contributed by atoms with Crippen molar-refractivity contribution in [3.63, 3.8) is 0 Å². The van der Waals surface area contributed by atoms with Crippen LogP contribution in [0.3, 0.4) is 0 Å². The van der Waals surface area contributed by atoms with E-state index in [2.05, 4.69) is 20.4 Å². The number of hydrogen-bond donors (Lipinski definition) is 3. The van der Waals surface area contributed by atoms with Crippen molar-refractivity contribution >= 4 is 25.3 Å². The van der Waals surface area contributed by atoms with Crippen LogP contribution in [0.25, 0.3) is 0 Å². The maximum Gasteiger partial charge on any atom is 0.222 e. The molecule has 0 fully saturated rings. The Hall–Kier alpha value is -2.00. The van der Waals surface area contributed by atoms with Gasteiger partial charge < -0.3 is 20.9 Å². The van der Waals surface area contributed by atoms with Crippen molar-refractivity contribution in [3.05, 3.63) is 23.7 Å². The minimum atomic E-state index is 0. The molecule has 24 heavy (non-hydrogen) atoms. The summed E-state index contributed by atoms with van der Waals surface area (Å²) in [7, 11) is 1.89. The molecule has 0 saturated carbocycles. The number of aliphatic hydroxyl groups excluding tert-OH is 1. The van der Waals surface area contributed by atoms with Crippen molar-refractivity contribution in [1.29, 1.82) is 0 Å².